The predicted molar refractivity (Wildman–Crippen MR) is 279 cm³/mol. The zero-order chi connectivity index (χ0) is 43.5. The van der Waals surface area contributed by atoms with E-state index in [1.807, 2.05) is 60.7 Å². The van der Waals surface area contributed by atoms with Crippen LogP contribution in [0.3, 0.4) is 0 Å². The van der Waals surface area contributed by atoms with Gasteiger partial charge in [0.25, 0.3) is 0 Å². The van der Waals surface area contributed by atoms with Gasteiger partial charge in [-0.1, -0.05) is 243 Å². The van der Waals surface area contributed by atoms with Gasteiger partial charge in [0.15, 0.2) is 16.3 Å². The van der Waals surface area contributed by atoms with E-state index < -0.39 is 16.3 Å². The smallest absolute Gasteiger partial charge is 1.00 e. The molecule has 0 heterocycles. The number of hydrogen-bond donors (Lipinski definition) is 2. The average molecular weight is 979 g/mol. The van der Waals surface area contributed by atoms with Crippen molar-refractivity contribution in [2.45, 2.75) is 12.1 Å². The summed E-state index contributed by atoms with van der Waals surface area (Å²) in [6, 6.07) is 87.6. The normalized spacial score (nSPS) is 11.7. The van der Waals surface area contributed by atoms with Gasteiger partial charge in [0.05, 0.1) is 0 Å². The molecular weight excluding hydrogens is 930 g/mol. The van der Waals surface area contributed by atoms with Gasteiger partial charge in [-0.25, -0.2) is 0 Å². The molecule has 0 fully saturated rings. The molecule has 10 aromatic rings. The number of nitrogens with two attached hydrogens (primary N) is 2. The summed E-state index contributed by atoms with van der Waals surface area (Å²) >= 11 is 0. The summed E-state index contributed by atoms with van der Waals surface area (Å²) in [4.78, 5) is 0. The van der Waals surface area contributed by atoms with Crippen molar-refractivity contribution < 1.29 is 28.5 Å². The Hall–Kier alpha value is -6.21. The van der Waals surface area contributed by atoms with Crippen molar-refractivity contribution in [1.29, 1.82) is 0 Å². The summed E-state index contributed by atoms with van der Waals surface area (Å²) in [5.41, 5.74) is 16.5. The fraction of sp³-hybridized carbons (Fsp3) is 0.0345. The van der Waals surface area contributed by atoms with Gasteiger partial charge in [-0.05, 0) is 44.8 Å². The molecule has 5 radical (unpaired) electrons. The van der Waals surface area contributed by atoms with E-state index in [1.165, 1.54) is 0 Å². The van der Waals surface area contributed by atoms with Crippen molar-refractivity contribution in [3.8, 4) is 22.6 Å². The molecule has 0 aliphatic heterocycles. The zero-order valence-corrected chi connectivity index (χ0v) is 39.7. The van der Waals surface area contributed by atoms with Gasteiger partial charge >= 0.3 is 19.5 Å². The molecule has 0 saturated carbocycles. The van der Waals surface area contributed by atoms with Crippen molar-refractivity contribution >= 4 is 67.5 Å². The summed E-state index contributed by atoms with van der Waals surface area (Å²) in [5.74, 6) is 1.66. The van der Waals surface area contributed by atoms with Crippen molar-refractivity contribution in [2.24, 2.45) is 11.5 Å². The largest absolute Gasteiger partial charge is 1.00 e. The van der Waals surface area contributed by atoms with Crippen molar-refractivity contribution in [2.75, 3.05) is 0 Å². The van der Waals surface area contributed by atoms with Crippen LogP contribution in [-0.2, 0) is 19.5 Å². The summed E-state index contributed by atoms with van der Waals surface area (Å²) in [7, 11) is -2.34. The first-order chi connectivity index (χ1) is 31.6. The molecule has 2 atom stereocenters. The third-order valence-electron chi connectivity index (χ3n) is 11.1. The third kappa shape index (κ3) is 11.1. The third-order valence-corrected chi connectivity index (χ3v) is 15.0. The minimum atomic E-state index is -1.17. The van der Waals surface area contributed by atoms with Crippen LogP contribution in [0.15, 0.2) is 255 Å². The standard InChI is InChI=1S/C44H32O2P2.C14H16N2.B.Ru/c1-5-19-35(20-6-1)47(36-21-7-2-8-22-36)45-41-31-29-33-17-13-15-27-39(33)43(41)44-40-28-16-14-18-34(40)30-32-42(44)46-48(37-23-9-3-10-24-37)38-25-11-4-12-26-38;15-13(11-7-3-1-4-8-11)14(16)12-9-5-2-6-10-12;;/h1-32H;1-10,13-14H,15-16H2;;/q;;-1;+1/t;13-,14-;;/m.1../s1. The minimum absolute atomic E-state index is 0. The summed E-state index contributed by atoms with van der Waals surface area (Å²) in [6.07, 6.45) is 0. The fourth-order valence-corrected chi connectivity index (χ4v) is 11.4. The van der Waals surface area contributed by atoms with Crippen LogP contribution in [0.2, 0.25) is 0 Å². The molecule has 0 aliphatic carbocycles. The zero-order valence-electron chi connectivity index (χ0n) is 36.2. The summed E-state index contributed by atoms with van der Waals surface area (Å²) in [5, 5.41) is 9.17. The van der Waals surface area contributed by atoms with E-state index in [4.69, 9.17) is 20.5 Å². The molecule has 4 N–H and O–H groups in total. The number of hydrogen-bond acceptors (Lipinski definition) is 4. The second-order valence-electron chi connectivity index (χ2n) is 15.3. The molecule has 0 amide bonds. The van der Waals surface area contributed by atoms with Crippen LogP contribution in [0.25, 0.3) is 32.7 Å². The predicted octanol–water partition coefficient (Wildman–Crippen LogP) is 12.5. The molecule has 10 aromatic carbocycles. The Morgan fingerprint density at radius 2 is 0.561 bits per heavy atom. The van der Waals surface area contributed by atoms with Crippen molar-refractivity contribution in [1.82, 2.24) is 0 Å². The van der Waals surface area contributed by atoms with Gasteiger partial charge in [0, 0.05) is 44.4 Å². The van der Waals surface area contributed by atoms with Crippen molar-refractivity contribution in [3.63, 3.8) is 0 Å². The van der Waals surface area contributed by atoms with Crippen LogP contribution in [0.4, 0.5) is 0 Å². The molecule has 4 nitrogen and oxygen atoms in total. The fourth-order valence-electron chi connectivity index (χ4n) is 7.90. The number of benzene rings is 10. The Morgan fingerprint density at radius 3 is 0.864 bits per heavy atom. The Labute approximate surface area is 405 Å². The first-order valence-electron chi connectivity index (χ1n) is 21.4. The van der Waals surface area contributed by atoms with Crippen LogP contribution in [0.1, 0.15) is 23.2 Å². The maximum Gasteiger partial charge on any atom is 1.00 e. The molecule has 0 bridgehead atoms. The topological polar surface area (TPSA) is 70.5 Å². The monoisotopic (exact) mass is 979 g/mol. The van der Waals surface area contributed by atoms with E-state index in [0.717, 1.165) is 76.5 Å². The Kier molecular flexibility index (Phi) is 16.9. The van der Waals surface area contributed by atoms with E-state index in [-0.39, 0.29) is 40.0 Å². The molecule has 8 heteroatoms. The number of fused-ring (bicyclic) bond motifs is 2. The first-order valence-corrected chi connectivity index (χ1v) is 24.0. The molecule has 0 aliphatic rings. The van der Waals surface area contributed by atoms with E-state index in [0.29, 0.717) is 0 Å². The van der Waals surface area contributed by atoms with Gasteiger partial charge in [-0.2, -0.15) is 0 Å². The molecule has 0 saturated heterocycles. The molecule has 66 heavy (non-hydrogen) atoms. The van der Waals surface area contributed by atoms with Gasteiger partial charge in [-0.15, -0.1) is 0 Å². The first kappa shape index (κ1) is 47.7. The summed E-state index contributed by atoms with van der Waals surface area (Å²) in [6.45, 7) is 0. The molecular formula is C58H48BN2O2P2Ru. The maximum atomic E-state index is 7.27. The summed E-state index contributed by atoms with van der Waals surface area (Å²) < 4.78 is 14.5. The van der Waals surface area contributed by atoms with E-state index in [2.05, 4.69) is 194 Å². The van der Waals surface area contributed by atoms with E-state index in [1.54, 1.807) is 0 Å². The van der Waals surface area contributed by atoms with E-state index >= 15 is 0 Å². The molecule has 10 rings (SSSR count). The Bertz CT molecular complexity index is 2760. The van der Waals surface area contributed by atoms with Gasteiger partial charge in [-0.3, -0.25) is 0 Å². The Balaban J connectivity index is 0.000000306. The average Bonchev–Trinajstić information content (AvgIpc) is 3.38. The van der Waals surface area contributed by atoms with Gasteiger partial charge in [0.1, 0.15) is 11.5 Å². The van der Waals surface area contributed by atoms with Crippen LogP contribution >= 0.6 is 16.3 Å². The van der Waals surface area contributed by atoms with Crippen LogP contribution in [0, 0.1) is 0 Å². The van der Waals surface area contributed by atoms with E-state index in [9.17, 15) is 0 Å². The van der Waals surface area contributed by atoms with Gasteiger partial charge < -0.3 is 28.9 Å². The van der Waals surface area contributed by atoms with Crippen LogP contribution < -0.4 is 41.7 Å². The van der Waals surface area contributed by atoms with Crippen LogP contribution in [-0.4, -0.2) is 8.41 Å². The molecule has 0 unspecified atom stereocenters. The Morgan fingerprint density at radius 1 is 0.303 bits per heavy atom. The number of rotatable bonds is 12. The molecule has 0 spiro atoms. The minimum Gasteiger partial charge on any atom is -1.00 e. The van der Waals surface area contributed by atoms with Gasteiger partial charge in [0.2, 0.25) is 0 Å². The maximum absolute atomic E-state index is 7.27. The molecule has 0 aromatic heterocycles. The second kappa shape index (κ2) is 23.3. The second-order valence-corrected chi connectivity index (χ2v) is 18.9. The molecule has 323 valence electrons. The van der Waals surface area contributed by atoms with Crippen molar-refractivity contribution in [3.05, 3.63) is 266 Å². The van der Waals surface area contributed by atoms with Crippen LogP contribution in [0.5, 0.6) is 11.5 Å². The quantitative estimate of drug-likeness (QED) is 0.0945. The SMILES string of the molecule is N[C@H](c1ccccc1)[C@H](N)c1ccccc1.[B-].[Ru+].c1ccc(P(Oc2ccc3ccccc3c2-c2c(OP(c3ccccc3)c3ccccc3)ccc3ccccc23)c2ccccc2)cc1.